The van der Waals surface area contributed by atoms with Gasteiger partial charge in [-0.15, -0.1) is 0 Å². The van der Waals surface area contributed by atoms with Gasteiger partial charge in [-0.2, -0.15) is 0 Å². The van der Waals surface area contributed by atoms with Crippen LogP contribution in [0.3, 0.4) is 0 Å². The van der Waals surface area contributed by atoms with Gasteiger partial charge in [-0.25, -0.2) is 4.39 Å². The topological polar surface area (TPSA) is 60.4 Å². The zero-order valence-electron chi connectivity index (χ0n) is 17.6. The van der Waals surface area contributed by atoms with Crippen LogP contribution in [-0.2, 0) is 9.53 Å². The lowest BCUT2D eigenvalue weighted by molar-refractivity contribution is -0.130. The Hall–Kier alpha value is -2.19. The summed E-state index contributed by atoms with van der Waals surface area (Å²) < 4.78 is 19.3. The predicted octanol–water partition coefficient (Wildman–Crippen LogP) is 1.33. The van der Waals surface area contributed by atoms with Crippen molar-refractivity contribution in [3.05, 3.63) is 35.6 Å². The summed E-state index contributed by atoms with van der Waals surface area (Å²) >= 11 is 0. The van der Waals surface area contributed by atoms with Crippen molar-refractivity contribution in [2.24, 2.45) is 4.99 Å². The van der Waals surface area contributed by atoms with Crippen molar-refractivity contribution >= 4 is 11.9 Å². The fraction of sp³-hybridized carbons (Fsp3) is 0.619. The van der Waals surface area contributed by atoms with Crippen molar-refractivity contribution in [3.63, 3.8) is 0 Å². The van der Waals surface area contributed by atoms with Crippen LogP contribution in [0.1, 0.15) is 25.5 Å². The number of piperazine rings is 1. The first-order valence-corrected chi connectivity index (χ1v) is 10.3. The van der Waals surface area contributed by atoms with Gasteiger partial charge in [0.05, 0.1) is 12.6 Å². The first kappa shape index (κ1) is 21.5. The number of morpholine rings is 1. The van der Waals surface area contributed by atoms with Gasteiger partial charge in [0.15, 0.2) is 5.96 Å². The maximum atomic E-state index is 13.2. The number of ether oxygens (including phenoxy) is 1. The molecule has 2 atom stereocenters. The summed E-state index contributed by atoms with van der Waals surface area (Å²) in [6.45, 7) is 10.2. The monoisotopic (exact) mass is 405 g/mol. The van der Waals surface area contributed by atoms with E-state index in [2.05, 4.69) is 20.1 Å². The predicted molar refractivity (Wildman–Crippen MR) is 111 cm³/mol. The Bertz CT molecular complexity index is 704. The van der Waals surface area contributed by atoms with Gasteiger partial charge in [0.25, 0.3) is 0 Å². The summed E-state index contributed by atoms with van der Waals surface area (Å²) in [6, 6.07) is 6.52. The van der Waals surface area contributed by atoms with Crippen LogP contribution >= 0.6 is 0 Å². The summed E-state index contributed by atoms with van der Waals surface area (Å²) in [4.78, 5) is 22.4. The van der Waals surface area contributed by atoms with Crippen LogP contribution in [-0.4, -0.2) is 92.1 Å². The Morgan fingerprint density at radius 2 is 1.86 bits per heavy atom. The molecule has 1 amide bonds. The number of aliphatic imine (C=N–C) groups is 1. The third-order valence-corrected chi connectivity index (χ3v) is 5.54. The van der Waals surface area contributed by atoms with Crippen molar-refractivity contribution < 1.29 is 13.9 Å². The minimum absolute atomic E-state index is 0.0528. The van der Waals surface area contributed by atoms with Crippen molar-refractivity contribution in [3.8, 4) is 0 Å². The zero-order valence-corrected chi connectivity index (χ0v) is 17.6. The molecule has 0 spiro atoms. The molecule has 1 N–H and O–H groups in total. The van der Waals surface area contributed by atoms with Gasteiger partial charge in [0.2, 0.25) is 5.91 Å². The van der Waals surface area contributed by atoms with Crippen LogP contribution < -0.4 is 5.32 Å². The molecule has 2 aliphatic rings. The van der Waals surface area contributed by atoms with Crippen LogP contribution in [0.5, 0.6) is 0 Å². The first-order chi connectivity index (χ1) is 14.0. The number of carbonyl (C=O) groups excluding carboxylic acids is 1. The lowest BCUT2D eigenvalue weighted by atomic mass is 10.1. The van der Waals surface area contributed by atoms with Crippen molar-refractivity contribution in [2.45, 2.75) is 26.1 Å². The molecule has 160 valence electrons. The molecule has 2 unspecified atom stereocenters. The Labute approximate surface area is 172 Å². The van der Waals surface area contributed by atoms with Crippen LogP contribution in [0, 0.1) is 5.82 Å². The van der Waals surface area contributed by atoms with E-state index >= 15 is 0 Å². The number of carbonyl (C=O) groups is 1. The number of nitrogens with one attached hydrogen (secondary N) is 1. The first-order valence-electron chi connectivity index (χ1n) is 10.3. The minimum atomic E-state index is -0.240. The average Bonchev–Trinajstić information content (AvgIpc) is 2.71. The van der Waals surface area contributed by atoms with Gasteiger partial charge in [-0.05, 0) is 24.6 Å². The maximum absolute atomic E-state index is 13.2. The van der Waals surface area contributed by atoms with Gasteiger partial charge in [0.1, 0.15) is 11.9 Å². The van der Waals surface area contributed by atoms with Gasteiger partial charge < -0.3 is 19.9 Å². The Kier molecular flexibility index (Phi) is 7.44. The molecular formula is C21H32FN5O2. The fourth-order valence-electron chi connectivity index (χ4n) is 3.93. The van der Waals surface area contributed by atoms with E-state index in [0.29, 0.717) is 6.54 Å². The molecule has 1 aromatic rings. The molecule has 1 aromatic carbocycles. The molecule has 2 heterocycles. The van der Waals surface area contributed by atoms with Gasteiger partial charge in [0, 0.05) is 59.8 Å². The van der Waals surface area contributed by atoms with E-state index in [0.717, 1.165) is 57.3 Å². The van der Waals surface area contributed by atoms with E-state index in [1.165, 1.54) is 12.1 Å². The molecule has 29 heavy (non-hydrogen) atoms. The number of benzene rings is 1. The van der Waals surface area contributed by atoms with E-state index in [9.17, 15) is 9.18 Å². The number of rotatable bonds is 4. The molecular weight excluding hydrogens is 373 g/mol. The van der Waals surface area contributed by atoms with Crippen molar-refractivity contribution in [2.75, 3.05) is 59.4 Å². The summed E-state index contributed by atoms with van der Waals surface area (Å²) in [5, 5.41) is 3.46. The Morgan fingerprint density at radius 1 is 1.17 bits per heavy atom. The normalized spacial score (nSPS) is 23.9. The molecule has 2 saturated heterocycles. The lowest BCUT2D eigenvalue weighted by Gasteiger charge is -2.39. The Balaban J connectivity index is 1.50. The van der Waals surface area contributed by atoms with Gasteiger partial charge in [-0.1, -0.05) is 12.1 Å². The number of hydrogen-bond acceptors (Lipinski definition) is 4. The standard InChI is InChI=1S/C21H32FN5O2/c1-16-14-27(15-20(29-16)18-4-6-19(22)7-5-18)21(23-3)24-8-9-25-10-12-26(13-11-25)17(2)28/h4-7,16,20H,8-15H2,1-3H3,(H,23,24). The van der Waals surface area contributed by atoms with E-state index in [4.69, 9.17) is 4.74 Å². The SMILES string of the molecule is CN=C(NCCN1CCN(C(C)=O)CC1)N1CC(C)OC(c2ccc(F)cc2)C1. The highest BCUT2D eigenvalue weighted by Crippen LogP contribution is 2.25. The van der Waals surface area contributed by atoms with E-state index in [1.54, 1.807) is 26.1 Å². The second-order valence-electron chi connectivity index (χ2n) is 7.71. The molecule has 7 nitrogen and oxygen atoms in total. The second-order valence-corrected chi connectivity index (χ2v) is 7.71. The number of hydrogen-bond donors (Lipinski definition) is 1. The number of nitrogens with zero attached hydrogens (tertiary/aromatic N) is 4. The molecule has 3 rings (SSSR count). The average molecular weight is 406 g/mol. The van der Waals surface area contributed by atoms with E-state index < -0.39 is 0 Å². The molecule has 0 bridgehead atoms. The van der Waals surface area contributed by atoms with Crippen molar-refractivity contribution in [1.82, 2.24) is 20.0 Å². The smallest absolute Gasteiger partial charge is 0.219 e. The van der Waals surface area contributed by atoms with Crippen LogP contribution in [0.15, 0.2) is 29.3 Å². The maximum Gasteiger partial charge on any atom is 0.219 e. The summed E-state index contributed by atoms with van der Waals surface area (Å²) in [5.41, 5.74) is 0.974. The molecule has 0 saturated carbocycles. The third-order valence-electron chi connectivity index (χ3n) is 5.54. The Morgan fingerprint density at radius 3 is 2.48 bits per heavy atom. The largest absolute Gasteiger partial charge is 0.367 e. The minimum Gasteiger partial charge on any atom is -0.367 e. The number of amides is 1. The molecule has 0 aromatic heterocycles. The molecule has 0 radical (unpaired) electrons. The molecule has 2 fully saturated rings. The highest BCUT2D eigenvalue weighted by Gasteiger charge is 2.28. The highest BCUT2D eigenvalue weighted by atomic mass is 19.1. The second kappa shape index (κ2) is 10.0. The number of guanidine groups is 1. The molecule has 2 aliphatic heterocycles. The summed E-state index contributed by atoms with van der Waals surface area (Å²) in [7, 11) is 1.79. The summed E-state index contributed by atoms with van der Waals surface area (Å²) in [5.74, 6) is 0.769. The highest BCUT2D eigenvalue weighted by molar-refractivity contribution is 5.80. The van der Waals surface area contributed by atoms with Crippen LogP contribution in [0.4, 0.5) is 4.39 Å². The van der Waals surface area contributed by atoms with Gasteiger partial charge in [-0.3, -0.25) is 14.7 Å². The van der Waals surface area contributed by atoms with Gasteiger partial charge >= 0.3 is 0 Å². The third kappa shape index (κ3) is 5.90. The fourth-order valence-corrected chi connectivity index (χ4v) is 3.93. The number of halogens is 1. The molecule has 8 heteroatoms. The van der Waals surface area contributed by atoms with Crippen LogP contribution in [0.2, 0.25) is 0 Å². The lowest BCUT2D eigenvalue weighted by Crippen LogP contribution is -2.53. The quantitative estimate of drug-likeness (QED) is 0.605. The zero-order chi connectivity index (χ0) is 20.8. The van der Waals surface area contributed by atoms with Crippen molar-refractivity contribution in [1.29, 1.82) is 0 Å². The molecule has 0 aliphatic carbocycles. The van der Waals surface area contributed by atoms with E-state index in [1.807, 2.05) is 11.8 Å². The summed E-state index contributed by atoms with van der Waals surface area (Å²) in [6.07, 6.45) is -0.0606. The van der Waals surface area contributed by atoms with Crippen LogP contribution in [0.25, 0.3) is 0 Å². The van der Waals surface area contributed by atoms with E-state index in [-0.39, 0.29) is 23.9 Å².